The maximum Gasteiger partial charge on any atom is 0.126 e. The van der Waals surface area contributed by atoms with Gasteiger partial charge in [0.2, 0.25) is 0 Å². The van der Waals surface area contributed by atoms with E-state index >= 15 is 0 Å². The zero-order valence-corrected chi connectivity index (χ0v) is 12.7. The van der Waals surface area contributed by atoms with Gasteiger partial charge in [-0.3, -0.25) is 0 Å². The molecule has 0 fully saturated rings. The summed E-state index contributed by atoms with van der Waals surface area (Å²) in [4.78, 5) is 0. The topological polar surface area (TPSA) is 20.2 Å². The third-order valence-corrected chi connectivity index (χ3v) is 3.58. The van der Waals surface area contributed by atoms with E-state index in [0.29, 0.717) is 16.1 Å². The molecule has 2 aromatic rings. The number of benzene rings is 2. The molecule has 1 nitrogen and oxygen atoms in total. The maximum absolute atomic E-state index is 13.6. The molecule has 4 heteroatoms. The molecule has 0 aromatic heterocycles. The molecule has 100 valence electrons. The van der Waals surface area contributed by atoms with Gasteiger partial charge in [-0.15, -0.1) is 0 Å². The van der Waals surface area contributed by atoms with E-state index in [1.54, 1.807) is 18.2 Å². The number of aliphatic hydroxyl groups is 1. The SMILES string of the molecule is Cc1cc(Cl)cc(C(O)Cc2cc(Br)ccc2F)c1. The van der Waals surface area contributed by atoms with Gasteiger partial charge >= 0.3 is 0 Å². The Morgan fingerprint density at radius 2 is 2.00 bits per heavy atom. The standard InChI is InChI=1S/C15H13BrClFO/c1-9-4-11(7-13(17)5-9)15(19)8-10-6-12(16)2-3-14(10)18/h2-7,15,19H,8H2,1H3. The number of hydrogen-bond donors (Lipinski definition) is 1. The van der Waals surface area contributed by atoms with E-state index in [9.17, 15) is 9.50 Å². The molecule has 19 heavy (non-hydrogen) atoms. The molecule has 1 unspecified atom stereocenters. The first-order valence-corrected chi connectivity index (χ1v) is 7.02. The van der Waals surface area contributed by atoms with E-state index in [1.807, 2.05) is 19.1 Å². The van der Waals surface area contributed by atoms with Crippen molar-refractivity contribution in [1.82, 2.24) is 0 Å². The van der Waals surface area contributed by atoms with Crippen molar-refractivity contribution in [3.8, 4) is 0 Å². The fraction of sp³-hybridized carbons (Fsp3) is 0.200. The molecule has 0 aliphatic rings. The maximum atomic E-state index is 13.6. The summed E-state index contributed by atoms with van der Waals surface area (Å²) in [6.45, 7) is 1.90. The fourth-order valence-corrected chi connectivity index (χ4v) is 2.69. The van der Waals surface area contributed by atoms with Crippen molar-refractivity contribution in [1.29, 1.82) is 0 Å². The molecule has 0 heterocycles. The van der Waals surface area contributed by atoms with Gasteiger partial charge in [-0.2, -0.15) is 0 Å². The molecule has 1 atom stereocenters. The van der Waals surface area contributed by atoms with Crippen LogP contribution in [-0.2, 0) is 6.42 Å². The zero-order chi connectivity index (χ0) is 14.0. The average Bonchev–Trinajstić information content (AvgIpc) is 2.32. The number of hydrogen-bond acceptors (Lipinski definition) is 1. The van der Waals surface area contributed by atoms with E-state index in [0.717, 1.165) is 10.0 Å². The Bertz CT molecular complexity index is 580. The predicted molar refractivity (Wildman–Crippen MR) is 79.0 cm³/mol. The van der Waals surface area contributed by atoms with Crippen LogP contribution in [0, 0.1) is 12.7 Å². The highest BCUT2D eigenvalue weighted by Crippen LogP contribution is 2.25. The van der Waals surface area contributed by atoms with Gasteiger partial charge in [-0.1, -0.05) is 33.6 Å². The van der Waals surface area contributed by atoms with Crippen LogP contribution in [-0.4, -0.2) is 5.11 Å². The Kier molecular flexibility index (Phi) is 4.61. The highest BCUT2D eigenvalue weighted by atomic mass is 79.9. The van der Waals surface area contributed by atoms with Crippen LogP contribution in [0.15, 0.2) is 40.9 Å². The molecule has 1 N–H and O–H groups in total. The van der Waals surface area contributed by atoms with Crippen molar-refractivity contribution in [2.24, 2.45) is 0 Å². The summed E-state index contributed by atoms with van der Waals surface area (Å²) >= 11 is 9.26. The van der Waals surface area contributed by atoms with E-state index in [4.69, 9.17) is 11.6 Å². The van der Waals surface area contributed by atoms with E-state index in [2.05, 4.69) is 15.9 Å². The molecule has 0 amide bonds. The minimum atomic E-state index is -0.777. The van der Waals surface area contributed by atoms with Gasteiger partial charge in [-0.25, -0.2) is 4.39 Å². The van der Waals surface area contributed by atoms with Crippen molar-refractivity contribution in [2.45, 2.75) is 19.4 Å². The Morgan fingerprint density at radius 3 is 2.68 bits per heavy atom. The van der Waals surface area contributed by atoms with Crippen LogP contribution < -0.4 is 0 Å². The Morgan fingerprint density at radius 1 is 1.26 bits per heavy atom. The summed E-state index contributed by atoms with van der Waals surface area (Å²) in [5, 5.41) is 10.8. The summed E-state index contributed by atoms with van der Waals surface area (Å²) < 4.78 is 14.4. The van der Waals surface area contributed by atoms with Crippen molar-refractivity contribution in [3.05, 3.63) is 68.4 Å². The van der Waals surface area contributed by atoms with Gasteiger partial charge in [0, 0.05) is 15.9 Å². The van der Waals surface area contributed by atoms with Crippen LogP contribution in [0.5, 0.6) is 0 Å². The second-order valence-corrected chi connectivity index (χ2v) is 5.87. The van der Waals surface area contributed by atoms with Crippen LogP contribution in [0.25, 0.3) is 0 Å². The van der Waals surface area contributed by atoms with E-state index < -0.39 is 6.10 Å². The lowest BCUT2D eigenvalue weighted by Crippen LogP contribution is -2.04. The average molecular weight is 344 g/mol. The first-order valence-electron chi connectivity index (χ1n) is 5.85. The summed E-state index contributed by atoms with van der Waals surface area (Å²) in [7, 11) is 0. The quantitative estimate of drug-likeness (QED) is 0.846. The van der Waals surface area contributed by atoms with Crippen molar-refractivity contribution >= 4 is 27.5 Å². The summed E-state index contributed by atoms with van der Waals surface area (Å²) in [6, 6.07) is 10.1. The second kappa shape index (κ2) is 6.04. The number of aliphatic hydroxyl groups excluding tert-OH is 1. The summed E-state index contributed by atoms with van der Waals surface area (Å²) in [5.74, 6) is -0.319. The molecule has 0 radical (unpaired) electrons. The van der Waals surface area contributed by atoms with Crippen LogP contribution in [0.2, 0.25) is 5.02 Å². The van der Waals surface area contributed by atoms with Crippen LogP contribution in [0.1, 0.15) is 22.8 Å². The summed E-state index contributed by atoms with van der Waals surface area (Å²) in [5.41, 5.74) is 2.14. The van der Waals surface area contributed by atoms with Crippen LogP contribution in [0.3, 0.4) is 0 Å². The van der Waals surface area contributed by atoms with Gasteiger partial charge in [0.05, 0.1) is 6.10 Å². The lowest BCUT2D eigenvalue weighted by atomic mass is 10.00. The monoisotopic (exact) mass is 342 g/mol. The fourth-order valence-electron chi connectivity index (χ4n) is 1.98. The lowest BCUT2D eigenvalue weighted by Gasteiger charge is -2.13. The van der Waals surface area contributed by atoms with Gasteiger partial charge in [0.1, 0.15) is 5.82 Å². The minimum Gasteiger partial charge on any atom is -0.388 e. The molecular weight excluding hydrogens is 331 g/mol. The zero-order valence-electron chi connectivity index (χ0n) is 10.3. The molecular formula is C15H13BrClFO. The van der Waals surface area contributed by atoms with Crippen molar-refractivity contribution in [3.63, 3.8) is 0 Å². The molecule has 2 rings (SSSR count). The van der Waals surface area contributed by atoms with Crippen molar-refractivity contribution in [2.75, 3.05) is 0 Å². The highest BCUT2D eigenvalue weighted by molar-refractivity contribution is 9.10. The predicted octanol–water partition coefficient (Wildman–Crippen LogP) is 4.83. The van der Waals surface area contributed by atoms with Crippen LogP contribution in [0.4, 0.5) is 4.39 Å². The summed E-state index contributed by atoms with van der Waals surface area (Å²) in [6.07, 6.45) is -0.563. The third-order valence-electron chi connectivity index (χ3n) is 2.87. The Labute approximate surface area is 125 Å². The Balaban J connectivity index is 2.25. The number of halogens is 3. The van der Waals surface area contributed by atoms with Gasteiger partial charge in [0.15, 0.2) is 0 Å². The largest absolute Gasteiger partial charge is 0.388 e. The molecule has 0 aliphatic carbocycles. The highest BCUT2D eigenvalue weighted by Gasteiger charge is 2.13. The van der Waals surface area contributed by atoms with Gasteiger partial charge in [0.25, 0.3) is 0 Å². The first-order chi connectivity index (χ1) is 8.95. The van der Waals surface area contributed by atoms with Gasteiger partial charge < -0.3 is 5.11 Å². The van der Waals surface area contributed by atoms with Crippen molar-refractivity contribution < 1.29 is 9.50 Å². The third kappa shape index (κ3) is 3.78. The smallest absolute Gasteiger partial charge is 0.126 e. The molecule has 0 saturated heterocycles. The number of aryl methyl sites for hydroxylation is 1. The van der Waals surface area contributed by atoms with E-state index in [1.165, 1.54) is 6.07 Å². The van der Waals surface area contributed by atoms with Crippen LogP contribution >= 0.6 is 27.5 Å². The minimum absolute atomic E-state index is 0.213. The molecule has 0 spiro atoms. The molecule has 2 aromatic carbocycles. The Hall–Kier alpha value is -0.900. The second-order valence-electron chi connectivity index (χ2n) is 4.52. The first kappa shape index (κ1) is 14.5. The lowest BCUT2D eigenvalue weighted by molar-refractivity contribution is 0.177. The molecule has 0 bridgehead atoms. The molecule has 0 aliphatic heterocycles. The normalized spacial score (nSPS) is 12.5. The van der Waals surface area contributed by atoms with E-state index in [-0.39, 0.29) is 12.2 Å². The number of rotatable bonds is 3. The van der Waals surface area contributed by atoms with Gasteiger partial charge in [-0.05, 0) is 53.9 Å². The molecule has 0 saturated carbocycles.